The molecule has 1 saturated heterocycles. The number of rotatable bonds is 3. The predicted molar refractivity (Wildman–Crippen MR) is 101 cm³/mol. The Balaban J connectivity index is 1.33. The van der Waals surface area contributed by atoms with Gasteiger partial charge in [-0.15, -0.1) is 0 Å². The lowest BCUT2D eigenvalue weighted by Crippen LogP contribution is -2.59. The lowest BCUT2D eigenvalue weighted by atomic mass is 9.84. The van der Waals surface area contributed by atoms with Crippen LogP contribution in [0.2, 0.25) is 0 Å². The first kappa shape index (κ1) is 17.5. The molecule has 3 aliphatic rings. The van der Waals surface area contributed by atoms with Crippen molar-refractivity contribution in [1.29, 1.82) is 0 Å². The number of likely N-dealkylation sites (tertiary alicyclic amines) is 1. The molecule has 1 aromatic rings. The highest BCUT2D eigenvalue weighted by Gasteiger charge is 2.44. The largest absolute Gasteiger partial charge is 0.369 e. The third kappa shape index (κ3) is 3.51. The van der Waals surface area contributed by atoms with E-state index in [9.17, 15) is 14.4 Å². The molecule has 1 aromatic carbocycles. The highest BCUT2D eigenvalue weighted by Crippen LogP contribution is 2.36. The standard InChI is InChI=1S/C19H23N5O3/c25-16-7-5-13(22-23-16)6-8-17(26)24-11-9-19(10-12-24)18(27)20-14-3-1-2-4-15(14)21-19/h1-4,21H,5-12H2,(H,20,27)(H,23,25). The molecular weight excluding hydrogens is 346 g/mol. The van der Waals surface area contributed by atoms with Crippen molar-refractivity contribution >= 4 is 34.8 Å². The molecule has 0 aliphatic carbocycles. The first-order valence-corrected chi connectivity index (χ1v) is 9.36. The number of piperidine rings is 1. The van der Waals surface area contributed by atoms with Gasteiger partial charge in [0, 0.05) is 31.6 Å². The fourth-order valence-corrected chi connectivity index (χ4v) is 3.85. The van der Waals surface area contributed by atoms with Crippen molar-refractivity contribution in [1.82, 2.24) is 10.3 Å². The monoisotopic (exact) mass is 369 g/mol. The Morgan fingerprint density at radius 3 is 2.56 bits per heavy atom. The summed E-state index contributed by atoms with van der Waals surface area (Å²) in [5.41, 5.74) is 4.39. The van der Waals surface area contributed by atoms with Crippen LogP contribution in [-0.2, 0) is 14.4 Å². The highest BCUT2D eigenvalue weighted by atomic mass is 16.2. The number of hydrogen-bond donors (Lipinski definition) is 3. The number of amides is 3. The van der Waals surface area contributed by atoms with Crippen LogP contribution in [0.25, 0.3) is 0 Å². The highest BCUT2D eigenvalue weighted by molar-refractivity contribution is 6.06. The van der Waals surface area contributed by atoms with Crippen LogP contribution >= 0.6 is 0 Å². The summed E-state index contributed by atoms with van der Waals surface area (Å²) in [5.74, 6) is -0.0343. The van der Waals surface area contributed by atoms with E-state index in [1.165, 1.54) is 0 Å². The van der Waals surface area contributed by atoms with Gasteiger partial charge in [0.15, 0.2) is 0 Å². The molecule has 3 amide bonds. The summed E-state index contributed by atoms with van der Waals surface area (Å²) in [4.78, 5) is 38.1. The van der Waals surface area contributed by atoms with Crippen molar-refractivity contribution in [3.05, 3.63) is 24.3 Å². The minimum Gasteiger partial charge on any atom is -0.369 e. The van der Waals surface area contributed by atoms with Crippen molar-refractivity contribution in [2.45, 2.75) is 44.1 Å². The molecule has 1 spiro atoms. The second-order valence-corrected chi connectivity index (χ2v) is 7.30. The number of nitrogens with zero attached hydrogens (tertiary/aromatic N) is 2. The van der Waals surface area contributed by atoms with Crippen LogP contribution in [0.1, 0.15) is 38.5 Å². The number of fused-ring (bicyclic) bond motifs is 1. The van der Waals surface area contributed by atoms with Gasteiger partial charge in [0.2, 0.25) is 17.7 Å². The Hall–Kier alpha value is -2.90. The summed E-state index contributed by atoms with van der Waals surface area (Å²) in [6.45, 7) is 1.09. The summed E-state index contributed by atoms with van der Waals surface area (Å²) < 4.78 is 0. The van der Waals surface area contributed by atoms with Crippen molar-refractivity contribution in [3.8, 4) is 0 Å². The Kier molecular flexibility index (Phi) is 4.55. The second kappa shape index (κ2) is 7.02. The van der Waals surface area contributed by atoms with Crippen LogP contribution in [0, 0.1) is 0 Å². The van der Waals surface area contributed by atoms with Crippen LogP contribution in [-0.4, -0.2) is 47.0 Å². The Bertz CT molecular complexity index is 811. The lowest BCUT2D eigenvalue weighted by Gasteiger charge is -2.44. The van der Waals surface area contributed by atoms with Gasteiger partial charge in [0.1, 0.15) is 5.54 Å². The quantitative estimate of drug-likeness (QED) is 0.750. The van der Waals surface area contributed by atoms with Crippen molar-refractivity contribution in [3.63, 3.8) is 0 Å². The maximum atomic E-state index is 12.6. The number of hydrazone groups is 1. The molecule has 0 unspecified atom stereocenters. The third-order valence-electron chi connectivity index (χ3n) is 5.56. The fraction of sp³-hybridized carbons (Fsp3) is 0.474. The van der Waals surface area contributed by atoms with Crippen LogP contribution < -0.4 is 16.1 Å². The minimum absolute atomic E-state index is 0.0272. The maximum Gasteiger partial charge on any atom is 0.250 e. The van der Waals surface area contributed by atoms with E-state index in [1.807, 2.05) is 29.2 Å². The number of carbonyl (C=O) groups excluding carboxylic acids is 3. The van der Waals surface area contributed by atoms with Crippen LogP contribution in [0.3, 0.4) is 0 Å². The zero-order chi connectivity index (χ0) is 18.9. The smallest absolute Gasteiger partial charge is 0.250 e. The molecule has 3 N–H and O–H groups in total. The number of nitrogens with one attached hydrogen (secondary N) is 3. The second-order valence-electron chi connectivity index (χ2n) is 7.30. The number of anilines is 2. The molecule has 0 aromatic heterocycles. The predicted octanol–water partition coefficient (Wildman–Crippen LogP) is 1.46. The molecular formula is C19H23N5O3. The van der Waals surface area contributed by atoms with Gasteiger partial charge in [-0.25, -0.2) is 5.43 Å². The molecule has 27 heavy (non-hydrogen) atoms. The van der Waals surface area contributed by atoms with Gasteiger partial charge >= 0.3 is 0 Å². The Morgan fingerprint density at radius 1 is 1.11 bits per heavy atom. The average Bonchev–Trinajstić information content (AvgIpc) is 2.69. The van der Waals surface area contributed by atoms with Gasteiger partial charge in [-0.2, -0.15) is 5.10 Å². The van der Waals surface area contributed by atoms with Gasteiger partial charge in [-0.05, 0) is 37.8 Å². The van der Waals surface area contributed by atoms with Crippen LogP contribution in [0.5, 0.6) is 0 Å². The molecule has 3 heterocycles. The van der Waals surface area contributed by atoms with E-state index in [1.54, 1.807) is 0 Å². The molecule has 3 aliphatic heterocycles. The molecule has 0 radical (unpaired) electrons. The number of benzene rings is 1. The van der Waals surface area contributed by atoms with Gasteiger partial charge in [0.25, 0.3) is 0 Å². The molecule has 1 fully saturated rings. The summed E-state index contributed by atoms with van der Waals surface area (Å²) in [6, 6.07) is 7.66. The lowest BCUT2D eigenvalue weighted by molar-refractivity contribution is -0.134. The van der Waals surface area contributed by atoms with E-state index < -0.39 is 5.54 Å². The molecule has 0 bridgehead atoms. The molecule has 0 saturated carbocycles. The van der Waals surface area contributed by atoms with Crippen molar-refractivity contribution in [2.24, 2.45) is 5.10 Å². The van der Waals surface area contributed by atoms with E-state index in [0.29, 0.717) is 51.6 Å². The van der Waals surface area contributed by atoms with Gasteiger partial charge < -0.3 is 15.5 Å². The van der Waals surface area contributed by atoms with E-state index in [-0.39, 0.29) is 17.7 Å². The molecule has 8 nitrogen and oxygen atoms in total. The van der Waals surface area contributed by atoms with Gasteiger partial charge in [0.05, 0.1) is 11.4 Å². The van der Waals surface area contributed by atoms with E-state index in [4.69, 9.17) is 0 Å². The Morgan fingerprint density at radius 2 is 1.85 bits per heavy atom. The van der Waals surface area contributed by atoms with E-state index in [0.717, 1.165) is 17.1 Å². The molecule has 0 atom stereocenters. The van der Waals surface area contributed by atoms with E-state index >= 15 is 0 Å². The summed E-state index contributed by atoms with van der Waals surface area (Å²) in [7, 11) is 0. The summed E-state index contributed by atoms with van der Waals surface area (Å²) in [5, 5.41) is 10.4. The van der Waals surface area contributed by atoms with Crippen molar-refractivity contribution < 1.29 is 14.4 Å². The molecule has 4 rings (SSSR count). The maximum absolute atomic E-state index is 12.6. The van der Waals surface area contributed by atoms with E-state index in [2.05, 4.69) is 21.2 Å². The van der Waals surface area contributed by atoms with Crippen molar-refractivity contribution in [2.75, 3.05) is 23.7 Å². The zero-order valence-electron chi connectivity index (χ0n) is 15.1. The minimum atomic E-state index is -0.650. The number of para-hydroxylation sites is 2. The van der Waals surface area contributed by atoms with Gasteiger partial charge in [-0.3, -0.25) is 14.4 Å². The topological polar surface area (TPSA) is 103 Å². The Labute approximate surface area is 157 Å². The fourth-order valence-electron chi connectivity index (χ4n) is 3.85. The zero-order valence-corrected chi connectivity index (χ0v) is 15.1. The summed E-state index contributed by atoms with van der Waals surface area (Å²) in [6.07, 6.45) is 3.15. The number of hydrogen-bond acceptors (Lipinski definition) is 5. The third-order valence-corrected chi connectivity index (χ3v) is 5.56. The normalized spacial score (nSPS) is 20.9. The van der Waals surface area contributed by atoms with Gasteiger partial charge in [-0.1, -0.05) is 12.1 Å². The SMILES string of the molecule is O=C1CCC(CCC(=O)N2CCC3(CC2)Nc2ccccc2NC3=O)=NN1. The van der Waals surface area contributed by atoms with Crippen LogP contribution in [0.4, 0.5) is 11.4 Å². The first-order chi connectivity index (χ1) is 13.1. The molecule has 142 valence electrons. The summed E-state index contributed by atoms with van der Waals surface area (Å²) >= 11 is 0. The first-order valence-electron chi connectivity index (χ1n) is 9.36. The molecule has 8 heteroatoms. The average molecular weight is 369 g/mol. The number of carbonyl (C=O) groups is 3. The van der Waals surface area contributed by atoms with Crippen LogP contribution in [0.15, 0.2) is 29.4 Å².